The zero-order valence-electron chi connectivity index (χ0n) is 10.2. The molecule has 1 saturated heterocycles. The van der Waals surface area contributed by atoms with Gasteiger partial charge in [0, 0.05) is 19.3 Å². The molecule has 102 valence electrons. The Morgan fingerprint density at radius 2 is 2.16 bits per heavy atom. The fourth-order valence-electron chi connectivity index (χ4n) is 2.22. The number of pyridine rings is 1. The molecular weight excluding hydrogens is 316 g/mol. The lowest BCUT2D eigenvalue weighted by Crippen LogP contribution is -2.30. The topological polar surface area (TPSA) is 90.5 Å². The van der Waals surface area contributed by atoms with Crippen molar-refractivity contribution in [1.29, 1.82) is 0 Å². The predicted octanol–water partition coefficient (Wildman–Crippen LogP) is 0.930. The number of carbonyl (C=O) groups excluding carboxylic acids is 1. The number of likely N-dealkylation sites (tertiary alicyclic amines) is 1. The molecule has 1 aromatic rings. The van der Waals surface area contributed by atoms with E-state index in [0.717, 1.165) is 0 Å². The second kappa shape index (κ2) is 5.16. The minimum Gasteiger partial charge on any atom is -0.481 e. The van der Waals surface area contributed by atoms with Crippen LogP contribution in [0.5, 0.6) is 0 Å². The first-order valence-electron chi connectivity index (χ1n) is 5.80. The van der Waals surface area contributed by atoms with Gasteiger partial charge < -0.3 is 15.0 Å². The molecule has 0 spiro atoms. The van der Waals surface area contributed by atoms with Gasteiger partial charge in [0.2, 0.25) is 0 Å². The highest BCUT2D eigenvalue weighted by molar-refractivity contribution is 9.10. The van der Waals surface area contributed by atoms with Crippen molar-refractivity contribution in [1.82, 2.24) is 9.88 Å². The molecule has 1 aliphatic heterocycles. The molecule has 2 atom stereocenters. The van der Waals surface area contributed by atoms with Crippen LogP contribution < -0.4 is 5.56 Å². The van der Waals surface area contributed by atoms with E-state index in [9.17, 15) is 14.4 Å². The van der Waals surface area contributed by atoms with Crippen molar-refractivity contribution < 1.29 is 14.7 Å². The first-order chi connectivity index (χ1) is 8.90. The van der Waals surface area contributed by atoms with Crippen molar-refractivity contribution in [2.45, 2.75) is 6.92 Å². The lowest BCUT2D eigenvalue weighted by molar-refractivity contribution is -0.142. The van der Waals surface area contributed by atoms with Gasteiger partial charge in [0.15, 0.2) is 0 Å². The average Bonchev–Trinajstić information content (AvgIpc) is 2.74. The highest BCUT2D eigenvalue weighted by Crippen LogP contribution is 2.24. The summed E-state index contributed by atoms with van der Waals surface area (Å²) in [6.45, 7) is 2.42. The monoisotopic (exact) mass is 328 g/mol. The number of nitrogens with one attached hydrogen (secondary N) is 1. The van der Waals surface area contributed by atoms with Crippen LogP contribution in [0.2, 0.25) is 0 Å². The molecule has 0 bridgehead atoms. The first kappa shape index (κ1) is 13.8. The van der Waals surface area contributed by atoms with Crippen LogP contribution in [0.3, 0.4) is 0 Å². The molecule has 0 aliphatic carbocycles. The predicted molar refractivity (Wildman–Crippen MR) is 71.0 cm³/mol. The highest BCUT2D eigenvalue weighted by Gasteiger charge is 2.37. The van der Waals surface area contributed by atoms with E-state index in [0.29, 0.717) is 12.1 Å². The van der Waals surface area contributed by atoms with E-state index in [1.54, 1.807) is 0 Å². The number of carboxylic acid groups (broad SMARTS) is 1. The first-order valence-corrected chi connectivity index (χ1v) is 6.59. The third-order valence-corrected chi connectivity index (χ3v) is 3.91. The van der Waals surface area contributed by atoms with E-state index in [-0.39, 0.29) is 28.4 Å². The molecule has 1 aromatic heterocycles. The van der Waals surface area contributed by atoms with Crippen LogP contribution in [0.1, 0.15) is 17.3 Å². The maximum atomic E-state index is 12.2. The van der Waals surface area contributed by atoms with Crippen LogP contribution in [0.4, 0.5) is 0 Å². The molecule has 2 N–H and O–H groups in total. The van der Waals surface area contributed by atoms with Crippen molar-refractivity contribution >= 4 is 27.8 Å². The number of aromatic nitrogens is 1. The van der Waals surface area contributed by atoms with Crippen molar-refractivity contribution in [2.24, 2.45) is 11.8 Å². The number of nitrogens with zero attached hydrogens (tertiary/aromatic N) is 1. The summed E-state index contributed by atoms with van der Waals surface area (Å²) in [6.07, 6.45) is 1.34. The van der Waals surface area contributed by atoms with Crippen molar-refractivity contribution in [2.75, 3.05) is 13.1 Å². The van der Waals surface area contributed by atoms with E-state index in [1.165, 1.54) is 17.2 Å². The quantitative estimate of drug-likeness (QED) is 0.845. The van der Waals surface area contributed by atoms with Gasteiger partial charge in [-0.25, -0.2) is 0 Å². The molecule has 2 heterocycles. The maximum Gasteiger partial charge on any atom is 0.308 e. The van der Waals surface area contributed by atoms with Crippen molar-refractivity contribution in [3.05, 3.63) is 32.7 Å². The highest BCUT2D eigenvalue weighted by atomic mass is 79.9. The van der Waals surface area contributed by atoms with Crippen molar-refractivity contribution in [3.8, 4) is 0 Å². The van der Waals surface area contributed by atoms with Crippen LogP contribution in [-0.4, -0.2) is 40.0 Å². The fourth-order valence-corrected chi connectivity index (χ4v) is 2.58. The Labute approximate surface area is 117 Å². The molecule has 7 heteroatoms. The van der Waals surface area contributed by atoms with Crippen molar-refractivity contribution in [3.63, 3.8) is 0 Å². The summed E-state index contributed by atoms with van der Waals surface area (Å²) >= 11 is 3.06. The molecule has 0 radical (unpaired) electrons. The maximum absolute atomic E-state index is 12.2. The van der Waals surface area contributed by atoms with Gasteiger partial charge in [-0.05, 0) is 27.9 Å². The zero-order valence-corrected chi connectivity index (χ0v) is 11.8. The van der Waals surface area contributed by atoms with Crippen LogP contribution in [0, 0.1) is 11.8 Å². The van der Waals surface area contributed by atoms with E-state index >= 15 is 0 Å². The second-order valence-corrected chi connectivity index (χ2v) is 5.55. The molecule has 1 fully saturated rings. The van der Waals surface area contributed by atoms with Gasteiger partial charge in [-0.15, -0.1) is 0 Å². The molecule has 0 unspecified atom stereocenters. The molecule has 6 nitrogen and oxygen atoms in total. The van der Waals surface area contributed by atoms with Crippen LogP contribution in [-0.2, 0) is 4.79 Å². The largest absolute Gasteiger partial charge is 0.481 e. The zero-order chi connectivity index (χ0) is 14.2. The minimum absolute atomic E-state index is 0.0762. The van der Waals surface area contributed by atoms with Gasteiger partial charge in [-0.1, -0.05) is 6.92 Å². The van der Waals surface area contributed by atoms with Crippen LogP contribution in [0.25, 0.3) is 0 Å². The number of H-pyrrole nitrogens is 1. The van der Waals surface area contributed by atoms with E-state index in [4.69, 9.17) is 5.11 Å². The van der Waals surface area contributed by atoms with Gasteiger partial charge in [-0.2, -0.15) is 0 Å². The van der Waals surface area contributed by atoms with Crippen LogP contribution in [0.15, 0.2) is 21.5 Å². The number of halogens is 1. The number of aromatic amines is 1. The summed E-state index contributed by atoms with van der Waals surface area (Å²) in [4.78, 5) is 38.4. The Morgan fingerprint density at radius 3 is 2.68 bits per heavy atom. The number of carboxylic acids is 1. The summed E-state index contributed by atoms with van der Waals surface area (Å²) in [5.41, 5.74) is 0.0273. The molecule has 0 saturated carbocycles. The lowest BCUT2D eigenvalue weighted by Gasteiger charge is -2.15. The summed E-state index contributed by atoms with van der Waals surface area (Å²) < 4.78 is 0.278. The smallest absolute Gasteiger partial charge is 0.308 e. The Morgan fingerprint density at radius 1 is 1.47 bits per heavy atom. The molecular formula is C12H13BrN2O4. The third-order valence-electron chi connectivity index (χ3n) is 3.32. The molecule has 1 amide bonds. The normalized spacial score (nSPS) is 22.5. The lowest BCUT2D eigenvalue weighted by atomic mass is 9.99. The molecule has 19 heavy (non-hydrogen) atoms. The Balaban J connectivity index is 2.19. The summed E-state index contributed by atoms with van der Waals surface area (Å²) in [7, 11) is 0. The average molecular weight is 329 g/mol. The van der Waals surface area contributed by atoms with Gasteiger partial charge in [0.25, 0.3) is 11.5 Å². The molecule has 0 aromatic carbocycles. The minimum atomic E-state index is -0.884. The number of hydrogen-bond acceptors (Lipinski definition) is 3. The standard InChI is InChI=1S/C12H13BrN2O4/c1-6-4-15(5-8(6)12(18)19)11(17)7-2-9(13)10(16)14-3-7/h2-3,6,8H,4-5H2,1H3,(H,14,16)(H,18,19)/t6-,8-/m1/s1. The molecule has 1 aliphatic rings. The fraction of sp³-hybridized carbons (Fsp3) is 0.417. The van der Waals surface area contributed by atoms with E-state index in [1.807, 2.05) is 6.92 Å². The van der Waals surface area contributed by atoms with Gasteiger partial charge >= 0.3 is 5.97 Å². The number of carbonyl (C=O) groups is 2. The summed E-state index contributed by atoms with van der Waals surface area (Å²) in [5.74, 6) is -1.76. The summed E-state index contributed by atoms with van der Waals surface area (Å²) in [5, 5.41) is 9.04. The number of aliphatic carboxylic acids is 1. The Kier molecular flexibility index (Phi) is 3.75. The van der Waals surface area contributed by atoms with Gasteiger partial charge in [0.1, 0.15) is 0 Å². The molecule has 2 rings (SSSR count). The summed E-state index contributed by atoms with van der Waals surface area (Å²) in [6, 6.07) is 1.44. The SMILES string of the molecule is C[C@@H]1CN(C(=O)c2c[nH]c(=O)c(Br)c2)C[C@H]1C(=O)O. The Hall–Kier alpha value is -1.63. The van der Waals surface area contributed by atoms with Gasteiger partial charge in [0.05, 0.1) is 16.0 Å². The van der Waals surface area contributed by atoms with Gasteiger partial charge in [-0.3, -0.25) is 14.4 Å². The van der Waals surface area contributed by atoms with Crippen LogP contribution >= 0.6 is 15.9 Å². The second-order valence-electron chi connectivity index (χ2n) is 4.70. The number of hydrogen-bond donors (Lipinski definition) is 2. The Bertz CT molecular complexity index is 583. The van der Waals surface area contributed by atoms with E-state index < -0.39 is 11.9 Å². The number of amides is 1. The third kappa shape index (κ3) is 2.70. The van der Waals surface area contributed by atoms with E-state index in [2.05, 4.69) is 20.9 Å². The number of rotatable bonds is 2.